The molecule has 0 saturated carbocycles. The number of benzene rings is 2. The van der Waals surface area contributed by atoms with E-state index in [0.717, 1.165) is 11.1 Å². The third kappa shape index (κ3) is 4.15. The number of hydrogen-bond donors (Lipinski definition) is 1. The van der Waals surface area contributed by atoms with Gasteiger partial charge in [-0.05, 0) is 60.7 Å². The highest BCUT2D eigenvalue weighted by Gasteiger charge is 2.31. The van der Waals surface area contributed by atoms with Crippen molar-refractivity contribution in [3.8, 4) is 0 Å². The van der Waals surface area contributed by atoms with Crippen LogP contribution in [0.15, 0.2) is 64.9 Å². The molecule has 1 amide bonds. The van der Waals surface area contributed by atoms with Gasteiger partial charge in [0, 0.05) is 11.4 Å². The fourth-order valence-corrected chi connectivity index (χ4v) is 5.69. The highest BCUT2D eigenvalue weighted by atomic mass is 32.2. The molecular formula is C21H20FNO3S2. The van der Waals surface area contributed by atoms with Crippen LogP contribution >= 0.6 is 11.3 Å². The second-order valence-corrected chi connectivity index (χ2v) is 9.59. The molecule has 0 aliphatic heterocycles. The molecule has 0 unspecified atom stereocenters. The van der Waals surface area contributed by atoms with Crippen molar-refractivity contribution in [1.29, 1.82) is 0 Å². The van der Waals surface area contributed by atoms with E-state index >= 15 is 0 Å². The molecule has 0 aliphatic carbocycles. The first-order valence-electron chi connectivity index (χ1n) is 8.68. The van der Waals surface area contributed by atoms with Crippen molar-refractivity contribution in [1.82, 2.24) is 5.32 Å². The Kier molecular flexibility index (Phi) is 5.96. The first-order chi connectivity index (χ1) is 13.3. The molecule has 0 radical (unpaired) electrons. The van der Waals surface area contributed by atoms with Crippen LogP contribution in [-0.2, 0) is 9.84 Å². The van der Waals surface area contributed by atoms with Gasteiger partial charge in [0.15, 0.2) is 9.84 Å². The third-order valence-electron chi connectivity index (χ3n) is 4.61. The second-order valence-electron chi connectivity index (χ2n) is 6.49. The van der Waals surface area contributed by atoms with Gasteiger partial charge in [0.05, 0.1) is 10.5 Å². The second kappa shape index (κ2) is 8.24. The van der Waals surface area contributed by atoms with E-state index in [9.17, 15) is 17.6 Å². The summed E-state index contributed by atoms with van der Waals surface area (Å²) >= 11 is 1.31. The summed E-state index contributed by atoms with van der Waals surface area (Å²) in [6.07, 6.45) is 0. The normalized spacial score (nSPS) is 12.5. The molecule has 3 aromatic rings. The third-order valence-corrected chi connectivity index (χ3v) is 7.82. The van der Waals surface area contributed by atoms with E-state index in [0.29, 0.717) is 4.88 Å². The number of halogens is 1. The predicted octanol–water partition coefficient (Wildman–Crippen LogP) is 4.45. The summed E-state index contributed by atoms with van der Waals surface area (Å²) in [5, 5.41) is 3.41. The van der Waals surface area contributed by atoms with Crippen molar-refractivity contribution in [2.45, 2.75) is 24.0 Å². The Morgan fingerprint density at radius 1 is 1.07 bits per heavy atom. The molecule has 3 rings (SSSR count). The van der Waals surface area contributed by atoms with Crippen LogP contribution in [0.5, 0.6) is 0 Å². The Morgan fingerprint density at radius 2 is 1.82 bits per heavy atom. The fraction of sp³-hybridized carbons (Fsp3) is 0.190. The molecule has 2 aromatic carbocycles. The summed E-state index contributed by atoms with van der Waals surface area (Å²) in [6.45, 7) is 3.62. The number of aryl methyl sites for hydroxylation is 2. The Bertz CT molecular complexity index is 1090. The summed E-state index contributed by atoms with van der Waals surface area (Å²) in [5.74, 6) is -1.29. The van der Waals surface area contributed by atoms with E-state index in [1.807, 2.05) is 13.8 Å². The average molecular weight is 418 g/mol. The van der Waals surface area contributed by atoms with Crippen molar-refractivity contribution >= 4 is 27.1 Å². The lowest BCUT2D eigenvalue weighted by Gasteiger charge is -2.18. The number of amides is 1. The average Bonchev–Trinajstić information content (AvgIpc) is 3.18. The van der Waals surface area contributed by atoms with Gasteiger partial charge >= 0.3 is 0 Å². The Morgan fingerprint density at radius 3 is 2.46 bits per heavy atom. The molecule has 146 valence electrons. The molecule has 1 N–H and O–H groups in total. The smallest absolute Gasteiger partial charge is 0.254 e. The molecule has 28 heavy (non-hydrogen) atoms. The van der Waals surface area contributed by atoms with Crippen LogP contribution < -0.4 is 5.32 Å². The minimum Gasteiger partial charge on any atom is -0.350 e. The van der Waals surface area contributed by atoms with Crippen LogP contribution in [0.2, 0.25) is 0 Å². The number of nitrogens with one attached hydrogen (secondary N) is 1. The van der Waals surface area contributed by atoms with Crippen LogP contribution in [-0.4, -0.2) is 20.9 Å². The van der Waals surface area contributed by atoms with Crippen LogP contribution in [0.1, 0.15) is 31.6 Å². The molecule has 1 atom stereocenters. The number of sulfone groups is 1. The number of carbonyl (C=O) groups excluding carboxylic acids is 1. The first-order valence-corrected chi connectivity index (χ1v) is 11.1. The largest absolute Gasteiger partial charge is 0.350 e. The molecule has 0 saturated heterocycles. The molecule has 1 aromatic heterocycles. The van der Waals surface area contributed by atoms with E-state index < -0.39 is 26.8 Å². The van der Waals surface area contributed by atoms with Crippen molar-refractivity contribution in [3.63, 3.8) is 0 Å². The highest BCUT2D eigenvalue weighted by molar-refractivity contribution is 7.91. The number of thiophene rings is 1. The van der Waals surface area contributed by atoms with Gasteiger partial charge in [-0.3, -0.25) is 4.79 Å². The molecule has 0 aliphatic rings. The Hall–Kier alpha value is -2.51. The van der Waals surface area contributed by atoms with Gasteiger partial charge in [-0.25, -0.2) is 12.8 Å². The topological polar surface area (TPSA) is 63.2 Å². The van der Waals surface area contributed by atoms with Crippen LogP contribution in [0.3, 0.4) is 0 Å². The van der Waals surface area contributed by atoms with Crippen molar-refractivity contribution < 1.29 is 17.6 Å². The maximum atomic E-state index is 13.8. The molecule has 0 bridgehead atoms. The number of carbonyl (C=O) groups is 1. The Balaban J connectivity index is 1.91. The number of hydrogen-bond acceptors (Lipinski definition) is 4. The SMILES string of the molecule is Cc1ccc(S(=O)(=O)[C@H](CNC(=O)c2ccccc2F)c2cccs2)cc1C. The Labute approximate surface area is 168 Å². The zero-order chi connectivity index (χ0) is 20.3. The summed E-state index contributed by atoms with van der Waals surface area (Å²) < 4.78 is 40.4. The summed E-state index contributed by atoms with van der Waals surface area (Å²) in [6, 6.07) is 14.1. The first kappa shape index (κ1) is 20.2. The van der Waals surface area contributed by atoms with Gasteiger partial charge in [-0.2, -0.15) is 0 Å². The van der Waals surface area contributed by atoms with Crippen molar-refractivity contribution in [2.24, 2.45) is 0 Å². The van der Waals surface area contributed by atoms with E-state index in [-0.39, 0.29) is 17.0 Å². The molecule has 1 heterocycles. The van der Waals surface area contributed by atoms with Gasteiger partial charge in [-0.1, -0.05) is 24.3 Å². The van der Waals surface area contributed by atoms with Gasteiger partial charge in [-0.15, -0.1) is 11.3 Å². The lowest BCUT2D eigenvalue weighted by Crippen LogP contribution is -2.32. The molecular weight excluding hydrogens is 397 g/mol. The highest BCUT2D eigenvalue weighted by Crippen LogP contribution is 2.32. The zero-order valence-corrected chi connectivity index (χ0v) is 17.1. The van der Waals surface area contributed by atoms with Gasteiger partial charge in [0.25, 0.3) is 5.91 Å². The van der Waals surface area contributed by atoms with Crippen molar-refractivity contribution in [3.05, 3.63) is 87.4 Å². The summed E-state index contributed by atoms with van der Waals surface area (Å²) in [7, 11) is -3.75. The van der Waals surface area contributed by atoms with Gasteiger partial charge in [0.1, 0.15) is 11.1 Å². The molecule has 0 fully saturated rings. The quantitative estimate of drug-likeness (QED) is 0.645. The van der Waals surface area contributed by atoms with Crippen LogP contribution in [0.4, 0.5) is 4.39 Å². The van der Waals surface area contributed by atoms with Gasteiger partial charge in [0.2, 0.25) is 0 Å². The molecule has 4 nitrogen and oxygen atoms in total. The maximum absolute atomic E-state index is 13.8. The summed E-state index contributed by atoms with van der Waals surface area (Å²) in [4.78, 5) is 13.2. The minimum absolute atomic E-state index is 0.115. The van der Waals surface area contributed by atoms with Crippen LogP contribution in [0.25, 0.3) is 0 Å². The maximum Gasteiger partial charge on any atom is 0.254 e. The van der Waals surface area contributed by atoms with E-state index in [2.05, 4.69) is 5.32 Å². The van der Waals surface area contributed by atoms with E-state index in [1.54, 1.807) is 41.8 Å². The van der Waals surface area contributed by atoms with E-state index in [4.69, 9.17) is 0 Å². The van der Waals surface area contributed by atoms with Gasteiger partial charge < -0.3 is 5.32 Å². The van der Waals surface area contributed by atoms with Crippen molar-refractivity contribution in [2.75, 3.05) is 6.54 Å². The zero-order valence-electron chi connectivity index (χ0n) is 15.5. The minimum atomic E-state index is -3.75. The summed E-state index contributed by atoms with van der Waals surface area (Å²) in [5.41, 5.74) is 1.76. The molecule has 0 spiro atoms. The van der Waals surface area contributed by atoms with E-state index in [1.165, 1.54) is 29.5 Å². The lowest BCUT2D eigenvalue weighted by molar-refractivity contribution is 0.0949. The lowest BCUT2D eigenvalue weighted by atomic mass is 10.1. The standard InChI is InChI=1S/C21H20FNO3S2/c1-14-9-10-16(12-15(14)2)28(25,26)20(19-8-5-11-27-19)13-23-21(24)17-6-3-4-7-18(17)22/h3-12,20H,13H2,1-2H3,(H,23,24)/t20-/m1/s1. The molecule has 7 heteroatoms. The fourth-order valence-electron chi connectivity index (χ4n) is 2.82. The monoisotopic (exact) mass is 417 g/mol. The predicted molar refractivity (Wildman–Crippen MR) is 109 cm³/mol. The van der Waals surface area contributed by atoms with Crippen LogP contribution in [0, 0.1) is 19.7 Å². The number of rotatable bonds is 6.